The molecule has 1 nitrogen and oxygen atoms in total. The van der Waals surface area contributed by atoms with Crippen LogP contribution in [0.3, 0.4) is 0 Å². The highest BCUT2D eigenvalue weighted by Gasteiger charge is 2.36. The second-order valence-electron chi connectivity index (χ2n) is 7.30. The van der Waals surface area contributed by atoms with Gasteiger partial charge in [0.05, 0.1) is 0 Å². The van der Waals surface area contributed by atoms with E-state index in [9.17, 15) is 0 Å². The summed E-state index contributed by atoms with van der Waals surface area (Å²) in [6, 6.07) is 1.63. The van der Waals surface area contributed by atoms with Gasteiger partial charge in [-0.25, -0.2) is 0 Å². The van der Waals surface area contributed by atoms with E-state index in [0.717, 1.165) is 23.9 Å². The van der Waals surface area contributed by atoms with E-state index in [4.69, 9.17) is 0 Å². The predicted octanol–water partition coefficient (Wildman–Crippen LogP) is 3.98. The van der Waals surface area contributed by atoms with Crippen molar-refractivity contribution in [3.63, 3.8) is 0 Å². The lowest BCUT2D eigenvalue weighted by atomic mass is 9.68. The Morgan fingerprint density at radius 1 is 1.00 bits per heavy atom. The van der Waals surface area contributed by atoms with Gasteiger partial charge in [0.25, 0.3) is 0 Å². The Bertz CT molecular complexity index is 222. The first-order valence-corrected chi connectivity index (χ1v) is 7.23. The molecule has 1 N–H and O–H groups in total. The van der Waals surface area contributed by atoms with Crippen LogP contribution < -0.4 is 5.32 Å². The second kappa shape index (κ2) is 4.68. The van der Waals surface area contributed by atoms with Gasteiger partial charge in [-0.2, -0.15) is 0 Å². The van der Waals surface area contributed by atoms with E-state index in [-0.39, 0.29) is 0 Å². The maximum absolute atomic E-state index is 3.94. The minimum Gasteiger partial charge on any atom is -0.311 e. The largest absolute Gasteiger partial charge is 0.311 e. The van der Waals surface area contributed by atoms with Gasteiger partial charge in [0.1, 0.15) is 0 Å². The highest BCUT2D eigenvalue weighted by atomic mass is 15.0. The van der Waals surface area contributed by atoms with E-state index in [0.29, 0.717) is 5.41 Å². The topological polar surface area (TPSA) is 12.0 Å². The third-order valence-electron chi connectivity index (χ3n) is 4.70. The summed E-state index contributed by atoms with van der Waals surface area (Å²) in [5.74, 6) is 1.85. The number of rotatable bonds is 2. The van der Waals surface area contributed by atoms with Crippen molar-refractivity contribution in [3.8, 4) is 0 Å². The van der Waals surface area contributed by atoms with Crippen LogP contribution in [0, 0.1) is 17.3 Å². The fourth-order valence-corrected chi connectivity index (χ4v) is 3.71. The lowest BCUT2D eigenvalue weighted by Gasteiger charge is -2.45. The molecule has 0 radical (unpaired) electrons. The lowest BCUT2D eigenvalue weighted by molar-refractivity contribution is 0.101. The molecule has 0 bridgehead atoms. The summed E-state index contributed by atoms with van der Waals surface area (Å²) in [7, 11) is 0. The summed E-state index contributed by atoms with van der Waals surface area (Å²) in [6.45, 7) is 9.63. The molecule has 0 heterocycles. The summed E-state index contributed by atoms with van der Waals surface area (Å²) in [5, 5.41) is 3.94. The van der Waals surface area contributed by atoms with E-state index in [1.807, 2.05) is 0 Å². The summed E-state index contributed by atoms with van der Waals surface area (Å²) in [4.78, 5) is 0. The molecule has 2 aliphatic rings. The normalized spacial score (nSPS) is 40.5. The molecule has 0 aromatic carbocycles. The molecular weight excluding hydrogens is 194 g/mol. The highest BCUT2D eigenvalue weighted by Crippen LogP contribution is 2.39. The Kier molecular flexibility index (Phi) is 3.63. The van der Waals surface area contributed by atoms with Crippen molar-refractivity contribution in [3.05, 3.63) is 0 Å². The van der Waals surface area contributed by atoms with Gasteiger partial charge in [-0.15, -0.1) is 0 Å². The van der Waals surface area contributed by atoms with Gasteiger partial charge in [0, 0.05) is 12.1 Å². The molecule has 0 aromatic rings. The van der Waals surface area contributed by atoms with Crippen LogP contribution in [-0.2, 0) is 0 Å². The second-order valence-corrected chi connectivity index (χ2v) is 7.30. The number of hydrogen-bond donors (Lipinski definition) is 1. The first kappa shape index (κ1) is 12.4. The zero-order chi connectivity index (χ0) is 11.8. The quantitative estimate of drug-likeness (QED) is 0.746. The molecule has 0 aliphatic heterocycles. The molecule has 16 heavy (non-hydrogen) atoms. The molecule has 0 spiro atoms. The van der Waals surface area contributed by atoms with Crippen LogP contribution in [0.1, 0.15) is 66.2 Å². The van der Waals surface area contributed by atoms with Crippen LogP contribution in [0.4, 0.5) is 0 Å². The molecule has 0 saturated heterocycles. The third-order valence-corrected chi connectivity index (χ3v) is 4.70. The van der Waals surface area contributed by atoms with Gasteiger partial charge in [-0.3, -0.25) is 0 Å². The average molecular weight is 223 g/mol. The zero-order valence-corrected chi connectivity index (χ0v) is 11.6. The Balaban J connectivity index is 1.89. The Morgan fingerprint density at radius 3 is 2.19 bits per heavy atom. The summed E-state index contributed by atoms with van der Waals surface area (Å²) in [5.41, 5.74) is 0.480. The van der Waals surface area contributed by atoms with E-state index in [2.05, 4.69) is 33.0 Å². The van der Waals surface area contributed by atoms with Crippen molar-refractivity contribution < 1.29 is 0 Å². The summed E-state index contributed by atoms with van der Waals surface area (Å²) in [6.07, 6.45) is 8.55. The molecule has 2 saturated carbocycles. The molecule has 94 valence electrons. The fraction of sp³-hybridized carbons (Fsp3) is 1.00. The Hall–Kier alpha value is -0.0400. The molecule has 2 aliphatic carbocycles. The molecule has 1 heteroatoms. The molecule has 2 rings (SSSR count). The van der Waals surface area contributed by atoms with Crippen LogP contribution >= 0.6 is 0 Å². The van der Waals surface area contributed by atoms with Gasteiger partial charge in [-0.1, -0.05) is 40.5 Å². The summed E-state index contributed by atoms with van der Waals surface area (Å²) < 4.78 is 0. The van der Waals surface area contributed by atoms with Gasteiger partial charge in [0.15, 0.2) is 0 Å². The van der Waals surface area contributed by atoms with Crippen LogP contribution in [0.15, 0.2) is 0 Å². The molecule has 2 unspecified atom stereocenters. The van der Waals surface area contributed by atoms with Crippen molar-refractivity contribution in [2.75, 3.05) is 0 Å². The van der Waals surface area contributed by atoms with E-state index in [1.165, 1.54) is 38.5 Å². The number of hydrogen-bond acceptors (Lipinski definition) is 1. The molecule has 0 aromatic heterocycles. The maximum Gasteiger partial charge on any atom is 0.0103 e. The van der Waals surface area contributed by atoms with Crippen LogP contribution in [-0.4, -0.2) is 12.1 Å². The molecule has 0 amide bonds. The lowest BCUT2D eigenvalue weighted by Crippen LogP contribution is -2.52. The monoisotopic (exact) mass is 223 g/mol. The first-order chi connectivity index (χ1) is 7.47. The molecule has 2 fully saturated rings. The van der Waals surface area contributed by atoms with Crippen molar-refractivity contribution in [1.29, 1.82) is 0 Å². The minimum atomic E-state index is 0.480. The molecule has 2 atom stereocenters. The van der Waals surface area contributed by atoms with Crippen molar-refractivity contribution >= 4 is 0 Å². The smallest absolute Gasteiger partial charge is 0.0103 e. The van der Waals surface area contributed by atoms with Crippen LogP contribution in [0.5, 0.6) is 0 Å². The minimum absolute atomic E-state index is 0.480. The van der Waals surface area contributed by atoms with Crippen molar-refractivity contribution in [2.45, 2.75) is 78.3 Å². The number of nitrogens with one attached hydrogen (secondary N) is 1. The third kappa shape index (κ3) is 2.80. The van der Waals surface area contributed by atoms with Crippen molar-refractivity contribution in [1.82, 2.24) is 5.32 Å². The standard InChI is InChI=1S/C15H29N/c1-11-9-12(10-11)16-14-8-6-5-7-13(14)15(2,3)4/h11-14,16H,5-10H2,1-4H3. The molecular formula is C15H29N. The van der Waals surface area contributed by atoms with Gasteiger partial charge in [-0.05, 0) is 42.9 Å². The van der Waals surface area contributed by atoms with Crippen LogP contribution in [0.2, 0.25) is 0 Å². The Labute approximate surface area is 101 Å². The van der Waals surface area contributed by atoms with Gasteiger partial charge < -0.3 is 5.32 Å². The highest BCUT2D eigenvalue weighted by molar-refractivity contribution is 4.92. The van der Waals surface area contributed by atoms with E-state index in [1.54, 1.807) is 0 Å². The van der Waals surface area contributed by atoms with E-state index >= 15 is 0 Å². The average Bonchev–Trinajstić information content (AvgIpc) is 2.14. The van der Waals surface area contributed by atoms with Crippen LogP contribution in [0.25, 0.3) is 0 Å². The first-order valence-electron chi connectivity index (χ1n) is 7.23. The van der Waals surface area contributed by atoms with E-state index < -0.39 is 0 Å². The van der Waals surface area contributed by atoms with Gasteiger partial charge >= 0.3 is 0 Å². The predicted molar refractivity (Wildman–Crippen MR) is 70.5 cm³/mol. The van der Waals surface area contributed by atoms with Gasteiger partial charge in [0.2, 0.25) is 0 Å². The zero-order valence-electron chi connectivity index (χ0n) is 11.6. The summed E-state index contributed by atoms with van der Waals surface area (Å²) >= 11 is 0. The maximum atomic E-state index is 3.94. The Morgan fingerprint density at radius 2 is 1.62 bits per heavy atom. The SMILES string of the molecule is CC1CC(NC2CCCCC2C(C)(C)C)C1. The van der Waals surface area contributed by atoms with Crippen molar-refractivity contribution in [2.24, 2.45) is 17.3 Å². The fourth-order valence-electron chi connectivity index (χ4n) is 3.71.